The number of nitrogens with one attached hydrogen (secondary N) is 3. The Bertz CT molecular complexity index is 1140. The van der Waals surface area contributed by atoms with Gasteiger partial charge in [0.15, 0.2) is 0 Å². The zero-order valence-corrected chi connectivity index (χ0v) is 28.1. The van der Waals surface area contributed by atoms with Crippen molar-refractivity contribution in [3.8, 4) is 0 Å². The van der Waals surface area contributed by atoms with E-state index in [9.17, 15) is 28.8 Å². The van der Waals surface area contributed by atoms with E-state index in [2.05, 4.69) is 55.4 Å². The fraction of sp³-hybridized carbons (Fsp3) is 0.455. The maximum absolute atomic E-state index is 11.3. The summed E-state index contributed by atoms with van der Waals surface area (Å²) in [6.07, 6.45) is 0.683. The van der Waals surface area contributed by atoms with Crippen molar-refractivity contribution in [1.29, 1.82) is 0 Å². The van der Waals surface area contributed by atoms with Crippen molar-refractivity contribution < 1.29 is 47.3 Å². The monoisotopic (exact) mass is 639 g/mol. The molecule has 3 N–H and O–H groups in total. The molecule has 12 nitrogen and oxygen atoms in total. The summed E-state index contributed by atoms with van der Waals surface area (Å²) < 4.78 is 14.6. The highest BCUT2D eigenvalue weighted by Gasteiger charge is 2.14. The van der Waals surface area contributed by atoms with Crippen LogP contribution in [0.5, 0.6) is 0 Å². The van der Waals surface area contributed by atoms with Crippen molar-refractivity contribution in [1.82, 2.24) is 16.0 Å². The second-order valence-corrected chi connectivity index (χ2v) is 10.2. The van der Waals surface area contributed by atoms with Crippen LogP contribution in [0.2, 0.25) is 0 Å². The maximum atomic E-state index is 11.3. The Hall–Kier alpha value is -4.74. The molecular weight excluding hydrogens is 582 g/mol. The summed E-state index contributed by atoms with van der Waals surface area (Å²) in [4.78, 5) is 66.5. The van der Waals surface area contributed by atoms with E-state index >= 15 is 0 Å². The number of hydrogen-bond acceptors (Lipinski definition) is 9. The van der Waals surface area contributed by atoms with Gasteiger partial charge >= 0.3 is 17.9 Å². The average Bonchev–Trinajstić information content (AvgIpc) is 2.95. The lowest BCUT2D eigenvalue weighted by Crippen LogP contribution is -2.38. The summed E-state index contributed by atoms with van der Waals surface area (Å²) in [6, 6.07) is -0.426. The smallest absolute Gasteiger partial charge is 0.333 e. The zero-order chi connectivity index (χ0) is 35.9. The van der Waals surface area contributed by atoms with E-state index < -0.39 is 17.9 Å². The lowest BCUT2D eigenvalue weighted by molar-refractivity contribution is -0.140. The first kappa shape index (κ1) is 44.7. The first-order valence-electron chi connectivity index (χ1n) is 14.0. The van der Waals surface area contributed by atoms with Gasteiger partial charge in [-0.25, -0.2) is 14.4 Å². The Morgan fingerprint density at radius 1 is 0.578 bits per heavy atom. The number of rotatable bonds is 16. The molecule has 0 aromatic carbocycles. The van der Waals surface area contributed by atoms with Crippen LogP contribution >= 0.6 is 0 Å². The van der Waals surface area contributed by atoms with Gasteiger partial charge in [-0.1, -0.05) is 46.4 Å². The predicted molar refractivity (Wildman–Crippen MR) is 181 cm³/mol. The third-order valence-electron chi connectivity index (χ3n) is 4.91. The Morgan fingerprint density at radius 2 is 0.956 bits per heavy atom. The SMILES string of the molecule is C=C(C)C(=O)NC(C)COC(=O)C(=C)C.C=C(C)C(=O)NC(CC)COC(=O)C(=C)C.C=C(C)C(=O)NCCOC(=O)C(=C)C.[HH].[HH].[HH]. The molecule has 2 atom stereocenters. The van der Waals surface area contributed by atoms with Gasteiger partial charge in [-0.15, -0.1) is 0 Å². The highest BCUT2D eigenvalue weighted by Crippen LogP contribution is 1.99. The highest BCUT2D eigenvalue weighted by molar-refractivity contribution is 5.93. The van der Waals surface area contributed by atoms with Gasteiger partial charge < -0.3 is 30.2 Å². The normalized spacial score (nSPS) is 10.7. The quantitative estimate of drug-likeness (QED) is 0.0966. The summed E-state index contributed by atoms with van der Waals surface area (Å²) in [6.45, 7) is 34.7. The fourth-order valence-electron chi connectivity index (χ4n) is 2.16. The molecule has 45 heavy (non-hydrogen) atoms. The molecule has 0 heterocycles. The first-order valence-corrected chi connectivity index (χ1v) is 14.0. The van der Waals surface area contributed by atoms with Gasteiger partial charge in [0, 0.05) is 37.7 Å². The molecule has 0 radical (unpaired) electrons. The minimum Gasteiger partial charge on any atom is -0.460 e. The molecule has 258 valence electrons. The van der Waals surface area contributed by atoms with Gasteiger partial charge in [-0.2, -0.15) is 0 Å². The first-order chi connectivity index (χ1) is 20.7. The fourth-order valence-corrected chi connectivity index (χ4v) is 2.16. The second kappa shape index (κ2) is 24.7. The highest BCUT2D eigenvalue weighted by atomic mass is 16.5. The lowest BCUT2D eigenvalue weighted by Gasteiger charge is -2.16. The summed E-state index contributed by atoms with van der Waals surface area (Å²) >= 11 is 0. The van der Waals surface area contributed by atoms with Gasteiger partial charge in [-0.3, -0.25) is 14.4 Å². The molecule has 0 aromatic rings. The second-order valence-electron chi connectivity index (χ2n) is 10.2. The molecule has 0 bridgehead atoms. The minimum absolute atomic E-state index is 0. The van der Waals surface area contributed by atoms with Gasteiger partial charge in [0.1, 0.15) is 19.8 Å². The molecule has 0 aliphatic heterocycles. The largest absolute Gasteiger partial charge is 0.460 e. The van der Waals surface area contributed by atoms with Gasteiger partial charge in [0.2, 0.25) is 17.7 Å². The maximum Gasteiger partial charge on any atom is 0.333 e. The van der Waals surface area contributed by atoms with E-state index in [4.69, 9.17) is 14.2 Å². The van der Waals surface area contributed by atoms with E-state index in [1.165, 1.54) is 0 Å². The van der Waals surface area contributed by atoms with Crippen molar-refractivity contribution in [2.45, 2.75) is 73.9 Å². The van der Waals surface area contributed by atoms with E-state index in [0.717, 1.165) is 0 Å². The molecular formula is C33H57N3O9. The Kier molecular flexibility index (Phi) is 24.5. The van der Waals surface area contributed by atoms with E-state index in [0.29, 0.717) is 39.9 Å². The predicted octanol–water partition coefficient (Wildman–Crippen LogP) is 4.30. The molecule has 0 aliphatic rings. The number of esters is 3. The van der Waals surface area contributed by atoms with Gasteiger partial charge in [-0.05, 0) is 54.9 Å². The molecule has 0 fully saturated rings. The third kappa shape index (κ3) is 25.5. The molecule has 0 aliphatic carbocycles. The standard InChI is InChI=1S/C12H19NO3.C11H17NO3.C10H15NO3.3H2/c1-6-10(13-11(14)8(2)3)7-16-12(15)9(4)5;1-7(2)10(13)12-9(5)6-15-11(14)8(3)4;1-7(2)9(12)11-5-6-14-10(13)8(3)4;;;/h10H,2,4,6-7H2,1,3,5H3,(H,13,14);9H,1,3,6H2,2,4-5H3,(H,12,13);1,3,5-6H2,2,4H3,(H,11,12);3*1H. The molecule has 2 unspecified atom stereocenters. The van der Waals surface area contributed by atoms with Crippen LogP contribution in [0.25, 0.3) is 0 Å². The lowest BCUT2D eigenvalue weighted by atomic mass is 10.2. The molecule has 0 saturated heterocycles. The van der Waals surface area contributed by atoms with Gasteiger partial charge in [0.25, 0.3) is 0 Å². The van der Waals surface area contributed by atoms with Crippen molar-refractivity contribution in [2.75, 3.05) is 26.4 Å². The van der Waals surface area contributed by atoms with Crippen LogP contribution in [0, 0.1) is 0 Å². The van der Waals surface area contributed by atoms with Crippen LogP contribution in [0.15, 0.2) is 72.9 Å². The Balaban J connectivity index is -0.000000134. The number of hydrogen-bond donors (Lipinski definition) is 3. The average molecular weight is 640 g/mol. The van der Waals surface area contributed by atoms with E-state index in [1.54, 1.807) is 48.5 Å². The van der Waals surface area contributed by atoms with E-state index in [1.807, 2.05) is 6.92 Å². The Morgan fingerprint density at radius 3 is 1.33 bits per heavy atom. The van der Waals surface area contributed by atoms with Crippen LogP contribution in [0.4, 0.5) is 0 Å². The van der Waals surface area contributed by atoms with Crippen LogP contribution in [-0.2, 0) is 43.0 Å². The number of ether oxygens (including phenoxy) is 3. The van der Waals surface area contributed by atoms with E-state index in [-0.39, 0.29) is 60.5 Å². The van der Waals surface area contributed by atoms with Crippen LogP contribution in [0.3, 0.4) is 0 Å². The van der Waals surface area contributed by atoms with Crippen molar-refractivity contribution in [2.24, 2.45) is 0 Å². The molecule has 0 aromatic heterocycles. The minimum atomic E-state index is -0.452. The number of carbonyl (C=O) groups is 6. The molecule has 0 saturated carbocycles. The molecule has 0 rings (SSSR count). The molecule has 3 amide bonds. The topological polar surface area (TPSA) is 166 Å². The van der Waals surface area contributed by atoms with Crippen molar-refractivity contribution in [3.05, 3.63) is 72.9 Å². The van der Waals surface area contributed by atoms with Crippen LogP contribution < -0.4 is 16.0 Å². The summed E-state index contributed by atoms with van der Waals surface area (Å²) in [5, 5.41) is 7.87. The Labute approximate surface area is 272 Å². The number of amides is 3. The van der Waals surface area contributed by atoms with Crippen LogP contribution in [0.1, 0.15) is 66.1 Å². The number of carbonyl (C=O) groups excluding carboxylic acids is 6. The zero-order valence-electron chi connectivity index (χ0n) is 28.1. The van der Waals surface area contributed by atoms with Gasteiger partial charge in [0.05, 0.1) is 18.6 Å². The van der Waals surface area contributed by atoms with Crippen LogP contribution in [-0.4, -0.2) is 74.1 Å². The summed E-state index contributed by atoms with van der Waals surface area (Å²) in [5.41, 5.74) is 2.32. The third-order valence-corrected chi connectivity index (χ3v) is 4.91. The van der Waals surface area contributed by atoms with Crippen molar-refractivity contribution >= 4 is 35.6 Å². The molecule has 0 spiro atoms. The summed E-state index contributed by atoms with van der Waals surface area (Å²) in [5.74, 6) is -2.05. The molecule has 12 heteroatoms. The van der Waals surface area contributed by atoms with Crippen molar-refractivity contribution in [3.63, 3.8) is 0 Å². The summed E-state index contributed by atoms with van der Waals surface area (Å²) in [7, 11) is 0.